The van der Waals surface area contributed by atoms with Gasteiger partial charge in [0.05, 0.1) is 17.3 Å². The number of hydrogen-bond donors (Lipinski definition) is 2. The maximum absolute atomic E-state index is 13.3. The van der Waals surface area contributed by atoms with E-state index in [-0.39, 0.29) is 17.5 Å². The SMILES string of the molecule is C=CCN1Nc2c(cccc2C(F)(F)F)C1c1ccc(O)cc1C. The molecule has 0 aromatic heterocycles. The molecular weight excluding hydrogens is 317 g/mol. The van der Waals surface area contributed by atoms with Crippen molar-refractivity contribution in [2.45, 2.75) is 19.1 Å². The predicted octanol–water partition coefficient (Wildman–Crippen LogP) is 4.64. The van der Waals surface area contributed by atoms with Gasteiger partial charge >= 0.3 is 6.18 Å². The summed E-state index contributed by atoms with van der Waals surface area (Å²) in [5, 5.41) is 11.3. The number of anilines is 1. The molecule has 2 aromatic carbocycles. The Morgan fingerprint density at radius 1 is 1.25 bits per heavy atom. The van der Waals surface area contributed by atoms with Crippen molar-refractivity contribution in [1.82, 2.24) is 5.01 Å². The predicted molar refractivity (Wildman–Crippen MR) is 86.7 cm³/mol. The Bertz CT molecular complexity index is 786. The first-order chi connectivity index (χ1) is 11.3. The van der Waals surface area contributed by atoms with Gasteiger partial charge in [0, 0.05) is 12.1 Å². The van der Waals surface area contributed by atoms with Gasteiger partial charge in [0.1, 0.15) is 5.75 Å². The van der Waals surface area contributed by atoms with E-state index in [2.05, 4.69) is 12.0 Å². The number of para-hydroxylation sites is 1. The Morgan fingerprint density at radius 3 is 2.62 bits per heavy atom. The van der Waals surface area contributed by atoms with E-state index in [0.29, 0.717) is 12.1 Å². The van der Waals surface area contributed by atoms with E-state index in [1.807, 2.05) is 6.92 Å². The van der Waals surface area contributed by atoms with Crippen LogP contribution in [0.5, 0.6) is 5.75 Å². The summed E-state index contributed by atoms with van der Waals surface area (Å²) < 4.78 is 39.9. The number of hydrazine groups is 1. The van der Waals surface area contributed by atoms with Crippen LogP contribution >= 0.6 is 0 Å². The summed E-state index contributed by atoms with van der Waals surface area (Å²) in [6.07, 6.45) is -2.80. The lowest BCUT2D eigenvalue weighted by Gasteiger charge is -2.25. The van der Waals surface area contributed by atoms with Crippen LogP contribution in [0, 0.1) is 6.92 Å². The highest BCUT2D eigenvalue weighted by Gasteiger charge is 2.40. The van der Waals surface area contributed by atoms with E-state index < -0.39 is 11.7 Å². The monoisotopic (exact) mass is 334 g/mol. The van der Waals surface area contributed by atoms with Gasteiger partial charge in [0.25, 0.3) is 0 Å². The van der Waals surface area contributed by atoms with Crippen molar-refractivity contribution >= 4 is 5.69 Å². The second kappa shape index (κ2) is 5.87. The van der Waals surface area contributed by atoms with Gasteiger partial charge in [-0.1, -0.05) is 24.3 Å². The molecule has 0 radical (unpaired) electrons. The second-order valence-electron chi connectivity index (χ2n) is 5.76. The van der Waals surface area contributed by atoms with Crippen LogP contribution in [0.4, 0.5) is 18.9 Å². The first kappa shape index (κ1) is 16.4. The van der Waals surface area contributed by atoms with Crippen LogP contribution in [0.1, 0.15) is 28.3 Å². The van der Waals surface area contributed by atoms with E-state index in [1.165, 1.54) is 6.07 Å². The number of hydrogen-bond acceptors (Lipinski definition) is 3. The maximum atomic E-state index is 13.3. The third-order valence-electron chi connectivity index (χ3n) is 4.14. The van der Waals surface area contributed by atoms with E-state index in [9.17, 15) is 18.3 Å². The Hall–Kier alpha value is -2.47. The molecule has 2 aromatic rings. The summed E-state index contributed by atoms with van der Waals surface area (Å²) in [4.78, 5) is 0. The van der Waals surface area contributed by atoms with Gasteiger partial charge in [0.15, 0.2) is 0 Å². The van der Waals surface area contributed by atoms with Crippen LogP contribution in [0.25, 0.3) is 0 Å². The van der Waals surface area contributed by atoms with Gasteiger partial charge in [-0.2, -0.15) is 13.2 Å². The quantitative estimate of drug-likeness (QED) is 0.803. The molecule has 24 heavy (non-hydrogen) atoms. The molecule has 3 nitrogen and oxygen atoms in total. The third kappa shape index (κ3) is 2.73. The molecule has 1 aliphatic heterocycles. The number of phenolic OH excluding ortho intramolecular Hbond substituents is 1. The van der Waals surface area contributed by atoms with Gasteiger partial charge in [-0.15, -0.1) is 6.58 Å². The van der Waals surface area contributed by atoms with Crippen molar-refractivity contribution in [3.05, 3.63) is 71.3 Å². The normalized spacial score (nSPS) is 17.4. The van der Waals surface area contributed by atoms with Crippen molar-refractivity contribution in [3.63, 3.8) is 0 Å². The van der Waals surface area contributed by atoms with Crippen LogP contribution in [0.2, 0.25) is 0 Å². The zero-order chi connectivity index (χ0) is 17.5. The lowest BCUT2D eigenvalue weighted by molar-refractivity contribution is -0.137. The average molecular weight is 334 g/mol. The molecule has 6 heteroatoms. The number of rotatable bonds is 3. The maximum Gasteiger partial charge on any atom is 0.418 e. The molecule has 1 aliphatic rings. The highest BCUT2D eigenvalue weighted by molar-refractivity contribution is 5.65. The molecule has 1 heterocycles. The molecular formula is C18H17F3N2O. The number of nitrogens with zero attached hydrogens (tertiary/aromatic N) is 1. The van der Waals surface area contributed by atoms with Crippen molar-refractivity contribution in [2.75, 3.05) is 12.0 Å². The Labute approximate surface area is 138 Å². The Kier molecular flexibility index (Phi) is 4.01. The van der Waals surface area contributed by atoms with Crippen molar-refractivity contribution in [3.8, 4) is 5.75 Å². The molecule has 0 amide bonds. The summed E-state index contributed by atoms with van der Waals surface area (Å²) in [6, 6.07) is 8.68. The minimum atomic E-state index is -4.43. The summed E-state index contributed by atoms with van der Waals surface area (Å²) in [6.45, 7) is 5.88. The number of nitrogens with one attached hydrogen (secondary N) is 1. The fourth-order valence-corrected chi connectivity index (χ4v) is 3.13. The third-order valence-corrected chi connectivity index (χ3v) is 4.14. The van der Waals surface area contributed by atoms with Gasteiger partial charge in [-0.3, -0.25) is 0 Å². The highest BCUT2D eigenvalue weighted by Crippen LogP contribution is 2.46. The summed E-state index contributed by atoms with van der Waals surface area (Å²) in [5.74, 6) is 0.127. The summed E-state index contributed by atoms with van der Waals surface area (Å²) in [5.41, 5.74) is 4.46. The highest BCUT2D eigenvalue weighted by atomic mass is 19.4. The summed E-state index contributed by atoms with van der Waals surface area (Å²) >= 11 is 0. The van der Waals surface area contributed by atoms with Crippen LogP contribution in [-0.4, -0.2) is 16.7 Å². The van der Waals surface area contributed by atoms with E-state index in [0.717, 1.165) is 17.2 Å². The zero-order valence-electron chi connectivity index (χ0n) is 13.1. The van der Waals surface area contributed by atoms with E-state index >= 15 is 0 Å². The van der Waals surface area contributed by atoms with Crippen LogP contribution in [0.3, 0.4) is 0 Å². The fourth-order valence-electron chi connectivity index (χ4n) is 3.13. The summed E-state index contributed by atoms with van der Waals surface area (Å²) in [7, 11) is 0. The molecule has 1 unspecified atom stereocenters. The van der Waals surface area contributed by atoms with Crippen molar-refractivity contribution in [2.24, 2.45) is 0 Å². The molecule has 1 atom stereocenters. The second-order valence-corrected chi connectivity index (χ2v) is 5.76. The number of halogens is 3. The molecule has 0 saturated carbocycles. The van der Waals surface area contributed by atoms with E-state index in [1.54, 1.807) is 35.4 Å². The number of alkyl halides is 3. The number of aromatic hydroxyl groups is 1. The van der Waals surface area contributed by atoms with Gasteiger partial charge in [-0.05, 0) is 36.2 Å². The molecule has 3 rings (SSSR count). The van der Waals surface area contributed by atoms with Crippen molar-refractivity contribution < 1.29 is 18.3 Å². The largest absolute Gasteiger partial charge is 0.508 e. The first-order valence-electron chi connectivity index (χ1n) is 7.46. The fraction of sp³-hybridized carbons (Fsp3) is 0.222. The van der Waals surface area contributed by atoms with Crippen molar-refractivity contribution in [1.29, 1.82) is 0 Å². The number of aryl methyl sites for hydroxylation is 1. The zero-order valence-corrected chi connectivity index (χ0v) is 13.1. The molecule has 2 N–H and O–H groups in total. The Balaban J connectivity index is 2.17. The van der Waals surface area contributed by atoms with Crippen LogP contribution in [0.15, 0.2) is 49.1 Å². The van der Waals surface area contributed by atoms with Gasteiger partial charge in [0.2, 0.25) is 0 Å². The standard InChI is InChI=1S/C18H17F3N2O/c1-3-9-23-17(13-8-7-12(24)10-11(13)2)14-5-4-6-15(16(14)22-23)18(19,20)21/h3-8,10,17,22,24H,1,9H2,2H3. The molecule has 0 fully saturated rings. The first-order valence-corrected chi connectivity index (χ1v) is 7.46. The topological polar surface area (TPSA) is 35.5 Å². The smallest absolute Gasteiger partial charge is 0.418 e. The minimum absolute atomic E-state index is 0.0734. The van der Waals surface area contributed by atoms with Crippen LogP contribution in [-0.2, 0) is 6.18 Å². The van der Waals surface area contributed by atoms with Gasteiger partial charge < -0.3 is 10.5 Å². The number of fused-ring (bicyclic) bond motifs is 1. The molecule has 0 saturated heterocycles. The minimum Gasteiger partial charge on any atom is -0.508 e. The lowest BCUT2D eigenvalue weighted by atomic mass is 9.93. The molecule has 126 valence electrons. The lowest BCUT2D eigenvalue weighted by Crippen LogP contribution is -2.29. The Morgan fingerprint density at radius 2 is 2.00 bits per heavy atom. The van der Waals surface area contributed by atoms with Crippen LogP contribution < -0.4 is 5.43 Å². The molecule has 0 bridgehead atoms. The average Bonchev–Trinajstić information content (AvgIpc) is 2.84. The number of phenols is 1. The number of benzene rings is 2. The van der Waals surface area contributed by atoms with Gasteiger partial charge in [-0.25, -0.2) is 5.01 Å². The molecule has 0 aliphatic carbocycles. The van der Waals surface area contributed by atoms with E-state index in [4.69, 9.17) is 0 Å². The molecule has 0 spiro atoms.